The molecular formula is C14H23N3O2. The molecule has 0 heterocycles. The van der Waals surface area contributed by atoms with Crippen LogP contribution in [0.2, 0.25) is 0 Å². The van der Waals surface area contributed by atoms with Gasteiger partial charge in [-0.1, -0.05) is 30.8 Å². The van der Waals surface area contributed by atoms with Gasteiger partial charge in [-0.2, -0.15) is 0 Å². The first-order chi connectivity index (χ1) is 9.18. The van der Waals surface area contributed by atoms with Crippen LogP contribution in [0.15, 0.2) is 5.16 Å². The van der Waals surface area contributed by atoms with E-state index in [2.05, 4.69) is 10.5 Å². The van der Waals surface area contributed by atoms with Crippen LogP contribution in [0.5, 0.6) is 0 Å². The molecule has 4 N–H and O–H groups in total. The maximum Gasteiger partial charge on any atom is 0.224 e. The van der Waals surface area contributed by atoms with Crippen LogP contribution in [-0.4, -0.2) is 22.5 Å². The molecular weight excluding hydrogens is 242 g/mol. The Hall–Kier alpha value is -1.26. The fourth-order valence-electron chi connectivity index (χ4n) is 4.23. The molecule has 106 valence electrons. The number of amidine groups is 1. The van der Waals surface area contributed by atoms with E-state index in [1.165, 1.54) is 19.3 Å². The molecule has 19 heavy (non-hydrogen) atoms. The number of nitrogens with zero attached hydrogens (tertiary/aromatic N) is 1. The van der Waals surface area contributed by atoms with Gasteiger partial charge in [0.25, 0.3) is 0 Å². The van der Waals surface area contributed by atoms with Crippen molar-refractivity contribution in [2.45, 2.75) is 56.9 Å². The Morgan fingerprint density at radius 1 is 1.16 bits per heavy atom. The molecule has 1 amide bonds. The molecule has 5 heteroatoms. The SMILES string of the molecule is NC(=NO)C1(NC(=O)C2C3CCCC32)CCCCC1. The first-order valence-corrected chi connectivity index (χ1v) is 7.48. The minimum atomic E-state index is -0.596. The van der Waals surface area contributed by atoms with Gasteiger partial charge in [0, 0.05) is 5.92 Å². The predicted molar refractivity (Wildman–Crippen MR) is 71.7 cm³/mol. The second-order valence-electron chi connectivity index (χ2n) is 6.40. The van der Waals surface area contributed by atoms with E-state index in [1.807, 2.05) is 0 Å². The van der Waals surface area contributed by atoms with E-state index in [0.29, 0.717) is 11.8 Å². The Kier molecular flexibility index (Phi) is 3.15. The Labute approximate surface area is 113 Å². The second kappa shape index (κ2) is 4.69. The molecule has 0 aromatic carbocycles. The number of oxime groups is 1. The van der Waals surface area contributed by atoms with Gasteiger partial charge < -0.3 is 16.3 Å². The first-order valence-electron chi connectivity index (χ1n) is 7.48. The highest BCUT2D eigenvalue weighted by molar-refractivity contribution is 5.95. The van der Waals surface area contributed by atoms with Crippen molar-refractivity contribution < 1.29 is 10.0 Å². The number of rotatable bonds is 3. The predicted octanol–water partition coefficient (Wildman–Crippen LogP) is 1.60. The summed E-state index contributed by atoms with van der Waals surface area (Å²) in [7, 11) is 0. The fraction of sp³-hybridized carbons (Fsp3) is 0.857. The number of nitrogens with two attached hydrogens (primary N) is 1. The maximum absolute atomic E-state index is 12.4. The van der Waals surface area contributed by atoms with Gasteiger partial charge >= 0.3 is 0 Å². The van der Waals surface area contributed by atoms with Gasteiger partial charge in [-0.05, 0) is 37.5 Å². The molecule has 0 bridgehead atoms. The monoisotopic (exact) mass is 265 g/mol. The van der Waals surface area contributed by atoms with Gasteiger partial charge in [0.2, 0.25) is 5.91 Å². The molecule has 0 aromatic rings. The van der Waals surface area contributed by atoms with Gasteiger partial charge in [0.15, 0.2) is 5.84 Å². The third-order valence-electron chi connectivity index (χ3n) is 5.38. The van der Waals surface area contributed by atoms with Crippen molar-refractivity contribution >= 4 is 11.7 Å². The standard InChI is InChI=1S/C14H23N3O2/c15-13(17-19)14(7-2-1-3-8-14)16-12(18)11-9-5-4-6-10(9)11/h9-11,19H,1-8H2,(H2,15,17)(H,16,18). The molecule has 3 saturated carbocycles. The molecule has 0 saturated heterocycles. The summed E-state index contributed by atoms with van der Waals surface area (Å²) in [5.74, 6) is 1.70. The lowest BCUT2D eigenvalue weighted by Crippen LogP contribution is -2.59. The highest BCUT2D eigenvalue weighted by Gasteiger charge is 2.57. The van der Waals surface area contributed by atoms with E-state index < -0.39 is 5.54 Å². The van der Waals surface area contributed by atoms with Crippen molar-refractivity contribution in [1.29, 1.82) is 0 Å². The summed E-state index contributed by atoms with van der Waals surface area (Å²) in [6.07, 6.45) is 8.43. The molecule has 0 aromatic heterocycles. The fourth-order valence-corrected chi connectivity index (χ4v) is 4.23. The van der Waals surface area contributed by atoms with Crippen LogP contribution >= 0.6 is 0 Å². The van der Waals surface area contributed by atoms with Gasteiger partial charge in [0.05, 0.1) is 0 Å². The van der Waals surface area contributed by atoms with Crippen LogP contribution in [0.25, 0.3) is 0 Å². The lowest BCUT2D eigenvalue weighted by molar-refractivity contribution is -0.124. The Morgan fingerprint density at radius 3 is 2.37 bits per heavy atom. The van der Waals surface area contributed by atoms with Gasteiger partial charge in [-0.25, -0.2) is 0 Å². The topological polar surface area (TPSA) is 87.7 Å². The quantitative estimate of drug-likeness (QED) is 0.313. The largest absolute Gasteiger partial charge is 0.409 e. The van der Waals surface area contributed by atoms with E-state index in [-0.39, 0.29) is 17.7 Å². The zero-order chi connectivity index (χ0) is 13.5. The third-order valence-corrected chi connectivity index (χ3v) is 5.38. The normalized spacial score (nSPS) is 36.6. The van der Waals surface area contributed by atoms with Crippen molar-refractivity contribution in [3.8, 4) is 0 Å². The Morgan fingerprint density at radius 2 is 1.79 bits per heavy atom. The van der Waals surface area contributed by atoms with Gasteiger partial charge in [0.1, 0.15) is 5.54 Å². The van der Waals surface area contributed by atoms with Crippen molar-refractivity contribution in [2.75, 3.05) is 0 Å². The number of amides is 1. The molecule has 2 unspecified atom stereocenters. The van der Waals surface area contributed by atoms with Crippen molar-refractivity contribution in [1.82, 2.24) is 5.32 Å². The summed E-state index contributed by atoms with van der Waals surface area (Å²) < 4.78 is 0. The molecule has 3 aliphatic rings. The van der Waals surface area contributed by atoms with Crippen molar-refractivity contribution in [3.05, 3.63) is 0 Å². The minimum Gasteiger partial charge on any atom is -0.409 e. The van der Waals surface area contributed by atoms with Crippen LogP contribution in [-0.2, 0) is 4.79 Å². The van der Waals surface area contributed by atoms with Gasteiger partial charge in [-0.3, -0.25) is 4.79 Å². The lowest BCUT2D eigenvalue weighted by atomic mass is 9.80. The molecule has 3 aliphatic carbocycles. The highest BCUT2D eigenvalue weighted by Crippen LogP contribution is 2.57. The maximum atomic E-state index is 12.4. The third kappa shape index (κ3) is 2.09. The van der Waals surface area contributed by atoms with E-state index in [9.17, 15) is 4.79 Å². The smallest absolute Gasteiger partial charge is 0.224 e. The number of carbonyl (C=O) groups is 1. The van der Waals surface area contributed by atoms with Crippen LogP contribution in [0.3, 0.4) is 0 Å². The molecule has 0 aliphatic heterocycles. The average Bonchev–Trinajstić information content (AvgIpc) is 2.93. The Bertz CT molecular complexity index is 391. The number of hydrogen-bond donors (Lipinski definition) is 3. The van der Waals surface area contributed by atoms with Gasteiger partial charge in [-0.15, -0.1) is 0 Å². The summed E-state index contributed by atoms with van der Waals surface area (Å²) in [6, 6.07) is 0. The minimum absolute atomic E-state index is 0.128. The van der Waals surface area contributed by atoms with E-state index in [1.54, 1.807) is 0 Å². The summed E-state index contributed by atoms with van der Waals surface area (Å²) in [5, 5.41) is 15.3. The molecule has 0 radical (unpaired) electrons. The second-order valence-corrected chi connectivity index (χ2v) is 6.40. The van der Waals surface area contributed by atoms with E-state index >= 15 is 0 Å². The van der Waals surface area contributed by atoms with Crippen LogP contribution in [0.4, 0.5) is 0 Å². The lowest BCUT2D eigenvalue weighted by Gasteiger charge is -2.37. The molecule has 2 atom stereocenters. The number of hydrogen-bond acceptors (Lipinski definition) is 3. The summed E-state index contributed by atoms with van der Waals surface area (Å²) in [6.45, 7) is 0. The summed E-state index contributed by atoms with van der Waals surface area (Å²) in [4.78, 5) is 12.4. The van der Waals surface area contributed by atoms with Crippen LogP contribution in [0, 0.1) is 17.8 Å². The zero-order valence-electron chi connectivity index (χ0n) is 11.3. The number of carbonyl (C=O) groups excluding carboxylic acids is 1. The molecule has 5 nitrogen and oxygen atoms in total. The molecule has 0 spiro atoms. The van der Waals surface area contributed by atoms with E-state index in [4.69, 9.17) is 10.9 Å². The number of nitrogens with one attached hydrogen (secondary N) is 1. The molecule has 3 rings (SSSR count). The first kappa shape index (κ1) is 12.8. The van der Waals surface area contributed by atoms with Crippen molar-refractivity contribution in [2.24, 2.45) is 28.6 Å². The summed E-state index contributed by atoms with van der Waals surface area (Å²) >= 11 is 0. The summed E-state index contributed by atoms with van der Waals surface area (Å²) in [5.41, 5.74) is 5.26. The highest BCUT2D eigenvalue weighted by atomic mass is 16.4. The molecule has 3 fully saturated rings. The van der Waals surface area contributed by atoms with Crippen molar-refractivity contribution in [3.63, 3.8) is 0 Å². The average molecular weight is 265 g/mol. The van der Waals surface area contributed by atoms with Crippen LogP contribution in [0.1, 0.15) is 51.4 Å². The van der Waals surface area contributed by atoms with Crippen LogP contribution < -0.4 is 11.1 Å². The zero-order valence-corrected chi connectivity index (χ0v) is 11.3. The Balaban J connectivity index is 1.69. The van der Waals surface area contributed by atoms with E-state index in [0.717, 1.165) is 32.1 Å². The number of fused-ring (bicyclic) bond motifs is 1.